The van der Waals surface area contributed by atoms with Gasteiger partial charge < -0.3 is 9.84 Å². The molecule has 1 amide bonds. The summed E-state index contributed by atoms with van der Waals surface area (Å²) in [6.07, 6.45) is 3.68. The van der Waals surface area contributed by atoms with Crippen molar-refractivity contribution in [2.75, 3.05) is 11.5 Å². The van der Waals surface area contributed by atoms with Crippen LogP contribution in [0.15, 0.2) is 84.4 Å². The second kappa shape index (κ2) is 8.94. The van der Waals surface area contributed by atoms with Crippen molar-refractivity contribution in [3.63, 3.8) is 0 Å². The molecule has 5 nitrogen and oxygen atoms in total. The highest BCUT2D eigenvalue weighted by atomic mass is 16.5. The van der Waals surface area contributed by atoms with Crippen LogP contribution in [0.2, 0.25) is 0 Å². The molecule has 0 atom stereocenters. The summed E-state index contributed by atoms with van der Waals surface area (Å²) >= 11 is 0. The molecule has 5 heteroatoms. The Morgan fingerprint density at radius 1 is 1.00 bits per heavy atom. The summed E-state index contributed by atoms with van der Waals surface area (Å²) in [5.41, 5.74) is 4.24. The van der Waals surface area contributed by atoms with E-state index in [0.717, 1.165) is 16.9 Å². The number of rotatable bonds is 6. The fourth-order valence-corrected chi connectivity index (χ4v) is 3.78. The maximum Gasteiger partial charge on any atom is 0.336 e. The molecular formula is C27H23NO4. The Bertz CT molecular complexity index is 1220. The SMILES string of the molecule is CCOc1ccc(/C=C2\C=C(c3ccccc3)N(c3cccc(C(=O)O)c3C)C2=O)cc1. The number of hydrogen-bond donors (Lipinski definition) is 1. The minimum Gasteiger partial charge on any atom is -0.494 e. The van der Waals surface area contributed by atoms with Crippen LogP contribution in [0, 0.1) is 6.92 Å². The average Bonchev–Trinajstić information content (AvgIpc) is 3.11. The highest BCUT2D eigenvalue weighted by Gasteiger charge is 2.32. The largest absolute Gasteiger partial charge is 0.494 e. The second-order valence-electron chi connectivity index (χ2n) is 7.39. The maximum absolute atomic E-state index is 13.5. The number of ether oxygens (including phenoxy) is 1. The molecule has 0 unspecified atom stereocenters. The Kier molecular flexibility index (Phi) is 5.90. The highest BCUT2D eigenvalue weighted by Crippen LogP contribution is 2.37. The van der Waals surface area contributed by atoms with Crippen molar-refractivity contribution in [3.8, 4) is 5.75 Å². The lowest BCUT2D eigenvalue weighted by atomic mass is 10.0. The molecule has 4 rings (SSSR count). The van der Waals surface area contributed by atoms with Crippen LogP contribution < -0.4 is 9.64 Å². The predicted molar refractivity (Wildman–Crippen MR) is 126 cm³/mol. The summed E-state index contributed by atoms with van der Waals surface area (Å²) in [4.78, 5) is 26.8. The van der Waals surface area contributed by atoms with Gasteiger partial charge in [-0.2, -0.15) is 0 Å². The molecule has 0 saturated heterocycles. The second-order valence-corrected chi connectivity index (χ2v) is 7.39. The van der Waals surface area contributed by atoms with Crippen molar-refractivity contribution >= 4 is 29.3 Å². The van der Waals surface area contributed by atoms with Crippen LogP contribution in [0.5, 0.6) is 5.75 Å². The van der Waals surface area contributed by atoms with Crippen molar-refractivity contribution < 1.29 is 19.4 Å². The van der Waals surface area contributed by atoms with E-state index in [1.165, 1.54) is 0 Å². The zero-order valence-electron chi connectivity index (χ0n) is 17.9. The van der Waals surface area contributed by atoms with Crippen LogP contribution in [0.4, 0.5) is 5.69 Å². The van der Waals surface area contributed by atoms with Gasteiger partial charge in [-0.1, -0.05) is 48.5 Å². The molecule has 1 heterocycles. The number of carbonyl (C=O) groups excluding carboxylic acids is 1. The molecule has 0 bridgehead atoms. The lowest BCUT2D eigenvalue weighted by Gasteiger charge is -2.23. The first-order valence-electron chi connectivity index (χ1n) is 10.4. The third-order valence-electron chi connectivity index (χ3n) is 5.34. The van der Waals surface area contributed by atoms with Gasteiger partial charge in [0.25, 0.3) is 5.91 Å². The monoisotopic (exact) mass is 425 g/mol. The molecule has 0 spiro atoms. The van der Waals surface area contributed by atoms with E-state index in [2.05, 4.69) is 0 Å². The van der Waals surface area contributed by atoms with E-state index in [0.29, 0.717) is 29.1 Å². The molecule has 1 aliphatic heterocycles. The predicted octanol–water partition coefficient (Wildman–Crippen LogP) is 5.56. The third kappa shape index (κ3) is 4.05. The zero-order valence-corrected chi connectivity index (χ0v) is 17.9. The smallest absolute Gasteiger partial charge is 0.336 e. The fourth-order valence-electron chi connectivity index (χ4n) is 3.78. The van der Waals surface area contributed by atoms with Crippen molar-refractivity contribution in [2.24, 2.45) is 0 Å². The topological polar surface area (TPSA) is 66.8 Å². The molecule has 1 N–H and O–H groups in total. The molecule has 3 aromatic rings. The molecule has 3 aromatic carbocycles. The molecule has 0 aromatic heterocycles. The number of carboxylic acid groups (broad SMARTS) is 1. The van der Waals surface area contributed by atoms with E-state index in [-0.39, 0.29) is 11.5 Å². The molecule has 0 fully saturated rings. The van der Waals surface area contributed by atoms with Gasteiger partial charge in [0.1, 0.15) is 5.75 Å². The molecule has 32 heavy (non-hydrogen) atoms. The van der Waals surface area contributed by atoms with Crippen LogP contribution in [-0.2, 0) is 4.79 Å². The van der Waals surface area contributed by atoms with Gasteiger partial charge in [-0.25, -0.2) is 4.79 Å². The summed E-state index contributed by atoms with van der Waals surface area (Å²) in [7, 11) is 0. The van der Waals surface area contributed by atoms with Crippen LogP contribution in [0.3, 0.4) is 0 Å². The van der Waals surface area contributed by atoms with Gasteiger partial charge in [-0.15, -0.1) is 0 Å². The Hall–Kier alpha value is -4.12. The molecule has 0 aliphatic carbocycles. The lowest BCUT2D eigenvalue weighted by Crippen LogP contribution is -2.26. The number of hydrogen-bond acceptors (Lipinski definition) is 3. The number of carboxylic acids is 1. The normalized spacial score (nSPS) is 14.6. The Morgan fingerprint density at radius 3 is 2.38 bits per heavy atom. The lowest BCUT2D eigenvalue weighted by molar-refractivity contribution is -0.113. The van der Waals surface area contributed by atoms with Crippen LogP contribution in [0.25, 0.3) is 11.8 Å². The molecule has 0 saturated carbocycles. The number of carbonyl (C=O) groups is 2. The van der Waals surface area contributed by atoms with E-state index in [9.17, 15) is 14.7 Å². The van der Waals surface area contributed by atoms with Crippen molar-refractivity contribution in [2.45, 2.75) is 13.8 Å². The molecular weight excluding hydrogens is 402 g/mol. The standard InChI is InChI=1S/C27H23NO4/c1-3-32-22-14-12-19(13-15-22)16-21-17-25(20-8-5-4-6-9-20)28(26(21)29)24-11-7-10-23(18(24)2)27(30)31/h4-17H,3H2,1-2H3,(H,30,31)/b21-16+. The molecule has 0 radical (unpaired) electrons. The zero-order chi connectivity index (χ0) is 22.7. The number of anilines is 1. The van der Waals surface area contributed by atoms with E-state index >= 15 is 0 Å². The number of benzene rings is 3. The average molecular weight is 425 g/mol. The highest BCUT2D eigenvalue weighted by molar-refractivity contribution is 6.23. The first-order valence-corrected chi connectivity index (χ1v) is 10.4. The number of aromatic carboxylic acids is 1. The van der Waals surface area contributed by atoms with Crippen molar-refractivity contribution in [1.29, 1.82) is 0 Å². The molecule has 160 valence electrons. The van der Waals surface area contributed by atoms with Crippen LogP contribution in [0.1, 0.15) is 34.0 Å². The van der Waals surface area contributed by atoms with E-state index < -0.39 is 5.97 Å². The van der Waals surface area contributed by atoms with Gasteiger partial charge in [-0.05, 0) is 67.0 Å². The first kappa shape index (κ1) is 21.1. The summed E-state index contributed by atoms with van der Waals surface area (Å²) in [5.74, 6) is -0.453. The minimum absolute atomic E-state index is 0.173. The van der Waals surface area contributed by atoms with Gasteiger partial charge >= 0.3 is 5.97 Å². The third-order valence-corrected chi connectivity index (χ3v) is 5.34. The first-order chi connectivity index (χ1) is 15.5. The summed E-state index contributed by atoms with van der Waals surface area (Å²) in [5, 5.41) is 9.55. The summed E-state index contributed by atoms with van der Waals surface area (Å²) in [6.45, 7) is 4.24. The Balaban J connectivity index is 1.81. The minimum atomic E-state index is -1.02. The van der Waals surface area contributed by atoms with Crippen LogP contribution in [-0.4, -0.2) is 23.6 Å². The van der Waals surface area contributed by atoms with Gasteiger partial charge in [0.2, 0.25) is 0 Å². The number of amides is 1. The van der Waals surface area contributed by atoms with Crippen molar-refractivity contribution in [3.05, 3.63) is 107 Å². The fraction of sp³-hybridized carbons (Fsp3) is 0.111. The van der Waals surface area contributed by atoms with Gasteiger partial charge in [-0.3, -0.25) is 9.69 Å². The quantitative estimate of drug-likeness (QED) is 0.525. The van der Waals surface area contributed by atoms with Crippen molar-refractivity contribution in [1.82, 2.24) is 0 Å². The number of nitrogens with zero attached hydrogens (tertiary/aromatic N) is 1. The summed E-state index contributed by atoms with van der Waals surface area (Å²) < 4.78 is 5.49. The van der Waals surface area contributed by atoms with Gasteiger partial charge in [0.05, 0.1) is 23.6 Å². The van der Waals surface area contributed by atoms with Crippen LogP contribution >= 0.6 is 0 Å². The summed E-state index contributed by atoms with van der Waals surface area (Å²) in [6, 6.07) is 22.1. The molecule has 1 aliphatic rings. The Morgan fingerprint density at radius 2 is 1.72 bits per heavy atom. The van der Waals surface area contributed by atoms with E-state index in [4.69, 9.17) is 4.74 Å². The maximum atomic E-state index is 13.5. The van der Waals surface area contributed by atoms with Gasteiger partial charge in [0.15, 0.2) is 0 Å². The Labute approximate surface area is 186 Å². The van der Waals surface area contributed by atoms with E-state index in [1.807, 2.05) is 73.7 Å². The van der Waals surface area contributed by atoms with Gasteiger partial charge in [0, 0.05) is 5.57 Å². The van der Waals surface area contributed by atoms with E-state index in [1.54, 1.807) is 30.0 Å².